The van der Waals surface area contributed by atoms with E-state index in [-0.39, 0.29) is 11.8 Å². The molecule has 1 aromatic rings. The predicted molar refractivity (Wildman–Crippen MR) is 70.3 cm³/mol. The van der Waals surface area contributed by atoms with Crippen molar-refractivity contribution >= 4 is 23.3 Å². The van der Waals surface area contributed by atoms with Crippen molar-refractivity contribution in [3.63, 3.8) is 0 Å². The van der Waals surface area contributed by atoms with Crippen LogP contribution < -0.4 is 11.1 Å². The van der Waals surface area contributed by atoms with E-state index in [1.807, 2.05) is 6.92 Å². The summed E-state index contributed by atoms with van der Waals surface area (Å²) in [4.78, 5) is 19.2. The molecule has 1 saturated carbocycles. The normalized spacial score (nSPS) is 23.7. The average Bonchev–Trinajstić information content (AvgIpc) is 2.36. The van der Waals surface area contributed by atoms with Gasteiger partial charge < -0.3 is 11.1 Å². The van der Waals surface area contributed by atoms with Crippen molar-refractivity contribution in [2.75, 3.05) is 5.32 Å². The molecule has 0 unspecified atom stereocenters. The fourth-order valence-electron chi connectivity index (χ4n) is 2.29. The third kappa shape index (κ3) is 2.90. The standard InChI is InChI=1S/C12H17ClN4O/c1-7-10(13)15-6-16-12(7)17-9-4-2-8(3-5-9)11(14)18/h6,8-9H,2-5H2,1H3,(H2,14,18)(H,15,16,17). The van der Waals surface area contributed by atoms with Crippen molar-refractivity contribution in [1.82, 2.24) is 9.97 Å². The van der Waals surface area contributed by atoms with Gasteiger partial charge >= 0.3 is 0 Å². The first-order valence-corrected chi connectivity index (χ1v) is 6.48. The van der Waals surface area contributed by atoms with Crippen LogP contribution in [0.1, 0.15) is 31.2 Å². The fourth-order valence-corrected chi connectivity index (χ4v) is 2.42. The van der Waals surface area contributed by atoms with E-state index in [0.29, 0.717) is 11.2 Å². The smallest absolute Gasteiger partial charge is 0.220 e. The second-order valence-electron chi connectivity index (χ2n) is 4.73. The first kappa shape index (κ1) is 13.1. The van der Waals surface area contributed by atoms with Crippen LogP contribution in [0.15, 0.2) is 6.33 Å². The quantitative estimate of drug-likeness (QED) is 0.821. The second kappa shape index (κ2) is 5.52. The summed E-state index contributed by atoms with van der Waals surface area (Å²) in [6.07, 6.45) is 4.98. The molecule has 0 atom stereocenters. The molecular weight excluding hydrogens is 252 g/mol. The molecule has 98 valence electrons. The van der Waals surface area contributed by atoms with Crippen LogP contribution in [0.2, 0.25) is 5.15 Å². The average molecular weight is 269 g/mol. The predicted octanol–water partition coefficient (Wildman–Crippen LogP) is 1.89. The summed E-state index contributed by atoms with van der Waals surface area (Å²) >= 11 is 5.94. The maximum absolute atomic E-state index is 11.1. The van der Waals surface area contributed by atoms with Gasteiger partial charge in [-0.05, 0) is 32.6 Å². The molecule has 1 heterocycles. The Balaban J connectivity index is 1.96. The molecule has 6 heteroatoms. The second-order valence-corrected chi connectivity index (χ2v) is 5.09. The van der Waals surface area contributed by atoms with Crippen molar-refractivity contribution in [2.24, 2.45) is 11.7 Å². The number of aromatic nitrogens is 2. The third-order valence-electron chi connectivity index (χ3n) is 3.49. The minimum atomic E-state index is -0.185. The highest BCUT2D eigenvalue weighted by Gasteiger charge is 2.25. The fraction of sp³-hybridized carbons (Fsp3) is 0.583. The molecule has 1 aromatic heterocycles. The number of anilines is 1. The lowest BCUT2D eigenvalue weighted by molar-refractivity contribution is -0.122. The Kier molecular flexibility index (Phi) is 4.01. The number of nitrogens with two attached hydrogens (primary N) is 1. The molecular formula is C12H17ClN4O. The summed E-state index contributed by atoms with van der Waals surface area (Å²) in [5.41, 5.74) is 6.17. The summed E-state index contributed by atoms with van der Waals surface area (Å²) in [5.74, 6) is 0.616. The van der Waals surface area contributed by atoms with E-state index in [2.05, 4.69) is 15.3 Å². The molecule has 1 amide bonds. The molecule has 0 saturated heterocycles. The van der Waals surface area contributed by atoms with E-state index in [1.54, 1.807) is 0 Å². The van der Waals surface area contributed by atoms with Crippen LogP contribution in [0.4, 0.5) is 5.82 Å². The van der Waals surface area contributed by atoms with Crippen LogP contribution in [-0.4, -0.2) is 21.9 Å². The zero-order valence-corrected chi connectivity index (χ0v) is 11.1. The number of amides is 1. The Labute approximate surface area is 111 Å². The highest BCUT2D eigenvalue weighted by Crippen LogP contribution is 2.27. The van der Waals surface area contributed by atoms with Gasteiger partial charge in [0.2, 0.25) is 5.91 Å². The molecule has 3 N–H and O–H groups in total. The van der Waals surface area contributed by atoms with Crippen molar-refractivity contribution in [2.45, 2.75) is 38.6 Å². The molecule has 0 spiro atoms. The van der Waals surface area contributed by atoms with E-state index >= 15 is 0 Å². The van der Waals surface area contributed by atoms with E-state index in [9.17, 15) is 4.79 Å². The number of hydrogen-bond donors (Lipinski definition) is 2. The molecule has 0 aromatic carbocycles. The van der Waals surface area contributed by atoms with E-state index in [0.717, 1.165) is 37.1 Å². The number of carbonyl (C=O) groups is 1. The number of nitrogens with zero attached hydrogens (tertiary/aromatic N) is 2. The Morgan fingerprint density at radius 3 is 2.67 bits per heavy atom. The molecule has 5 nitrogen and oxygen atoms in total. The van der Waals surface area contributed by atoms with Crippen LogP contribution in [0.3, 0.4) is 0 Å². The zero-order chi connectivity index (χ0) is 13.1. The minimum absolute atomic E-state index is 0.0261. The molecule has 1 aliphatic carbocycles. The summed E-state index contributed by atoms with van der Waals surface area (Å²) in [7, 11) is 0. The van der Waals surface area contributed by atoms with Crippen LogP contribution in [0.5, 0.6) is 0 Å². The van der Waals surface area contributed by atoms with Crippen LogP contribution in [0.25, 0.3) is 0 Å². The largest absolute Gasteiger partial charge is 0.369 e. The first-order valence-electron chi connectivity index (χ1n) is 6.11. The van der Waals surface area contributed by atoms with Crippen LogP contribution >= 0.6 is 11.6 Å². The Morgan fingerprint density at radius 1 is 1.39 bits per heavy atom. The van der Waals surface area contributed by atoms with Gasteiger partial charge in [-0.2, -0.15) is 0 Å². The molecule has 1 aliphatic rings. The van der Waals surface area contributed by atoms with Gasteiger partial charge in [0.1, 0.15) is 17.3 Å². The maximum Gasteiger partial charge on any atom is 0.220 e. The SMILES string of the molecule is Cc1c(Cl)ncnc1NC1CCC(C(N)=O)CC1. The van der Waals surface area contributed by atoms with Gasteiger partial charge in [0, 0.05) is 17.5 Å². The summed E-state index contributed by atoms with van der Waals surface area (Å²) < 4.78 is 0. The number of halogens is 1. The number of hydrogen-bond acceptors (Lipinski definition) is 4. The Bertz CT molecular complexity index is 444. The Hall–Kier alpha value is -1.36. The zero-order valence-electron chi connectivity index (χ0n) is 10.3. The van der Waals surface area contributed by atoms with Gasteiger partial charge in [-0.15, -0.1) is 0 Å². The molecule has 18 heavy (non-hydrogen) atoms. The van der Waals surface area contributed by atoms with Crippen molar-refractivity contribution in [3.05, 3.63) is 17.0 Å². The molecule has 0 bridgehead atoms. The van der Waals surface area contributed by atoms with Gasteiger partial charge in [0.25, 0.3) is 0 Å². The third-order valence-corrected chi connectivity index (χ3v) is 3.87. The van der Waals surface area contributed by atoms with Crippen molar-refractivity contribution in [3.8, 4) is 0 Å². The van der Waals surface area contributed by atoms with E-state index < -0.39 is 0 Å². The summed E-state index contributed by atoms with van der Waals surface area (Å²) in [5, 5.41) is 3.83. The van der Waals surface area contributed by atoms with Gasteiger partial charge in [0.05, 0.1) is 0 Å². The maximum atomic E-state index is 11.1. The number of carbonyl (C=O) groups excluding carboxylic acids is 1. The highest BCUT2D eigenvalue weighted by molar-refractivity contribution is 6.30. The van der Waals surface area contributed by atoms with E-state index in [4.69, 9.17) is 17.3 Å². The number of rotatable bonds is 3. The van der Waals surface area contributed by atoms with Gasteiger partial charge in [-0.25, -0.2) is 9.97 Å². The summed E-state index contributed by atoms with van der Waals surface area (Å²) in [6, 6.07) is 0.324. The lowest BCUT2D eigenvalue weighted by atomic mass is 9.85. The molecule has 2 rings (SSSR count). The Morgan fingerprint density at radius 2 is 2.06 bits per heavy atom. The molecule has 0 radical (unpaired) electrons. The van der Waals surface area contributed by atoms with Crippen LogP contribution in [0, 0.1) is 12.8 Å². The molecule has 0 aliphatic heterocycles. The highest BCUT2D eigenvalue weighted by atomic mass is 35.5. The minimum Gasteiger partial charge on any atom is -0.369 e. The summed E-state index contributed by atoms with van der Waals surface area (Å²) in [6.45, 7) is 1.89. The van der Waals surface area contributed by atoms with Gasteiger partial charge in [-0.3, -0.25) is 4.79 Å². The molecule has 1 fully saturated rings. The van der Waals surface area contributed by atoms with Crippen LogP contribution in [-0.2, 0) is 4.79 Å². The first-order chi connectivity index (χ1) is 8.58. The monoisotopic (exact) mass is 268 g/mol. The topological polar surface area (TPSA) is 80.9 Å². The lowest BCUT2D eigenvalue weighted by Gasteiger charge is -2.28. The number of primary amides is 1. The lowest BCUT2D eigenvalue weighted by Crippen LogP contribution is -2.32. The van der Waals surface area contributed by atoms with Gasteiger partial charge in [-0.1, -0.05) is 11.6 Å². The van der Waals surface area contributed by atoms with Crippen molar-refractivity contribution < 1.29 is 4.79 Å². The van der Waals surface area contributed by atoms with Gasteiger partial charge in [0.15, 0.2) is 0 Å². The number of nitrogens with one attached hydrogen (secondary N) is 1. The van der Waals surface area contributed by atoms with E-state index in [1.165, 1.54) is 6.33 Å². The van der Waals surface area contributed by atoms with Crippen molar-refractivity contribution in [1.29, 1.82) is 0 Å².